The summed E-state index contributed by atoms with van der Waals surface area (Å²) < 4.78 is 7.48. The monoisotopic (exact) mass is 346 g/mol. The van der Waals surface area contributed by atoms with Crippen LogP contribution in [0.4, 0.5) is 0 Å². The number of hydrogen-bond donors (Lipinski definition) is 0. The number of ether oxygens (including phenoxy) is 1. The summed E-state index contributed by atoms with van der Waals surface area (Å²) in [7, 11) is 1.68. The highest BCUT2D eigenvalue weighted by atomic mass is 16.5. The molecule has 0 unspecified atom stereocenters. The van der Waals surface area contributed by atoms with Crippen molar-refractivity contribution < 1.29 is 4.74 Å². The third-order valence-electron chi connectivity index (χ3n) is 4.74. The molecule has 3 aromatic rings. The van der Waals surface area contributed by atoms with Crippen LogP contribution in [0.15, 0.2) is 59.6 Å². The first-order valence-electron chi connectivity index (χ1n) is 9.03. The topological polar surface area (TPSA) is 26.5 Å². The SMILES string of the molecule is CCc1ccc(-n2c(C)cc(C=NCc3ccc(OC)cc3)c2C)cc1. The minimum atomic E-state index is 0.666. The molecule has 0 aliphatic heterocycles. The van der Waals surface area contributed by atoms with Crippen LogP contribution < -0.4 is 4.74 Å². The second-order valence-electron chi connectivity index (χ2n) is 6.50. The molecule has 0 saturated carbocycles. The van der Waals surface area contributed by atoms with Crippen molar-refractivity contribution in [2.24, 2.45) is 4.99 Å². The molecule has 0 aliphatic rings. The van der Waals surface area contributed by atoms with E-state index in [0.717, 1.165) is 17.7 Å². The molecule has 0 saturated heterocycles. The number of methoxy groups -OCH3 is 1. The smallest absolute Gasteiger partial charge is 0.118 e. The zero-order valence-electron chi connectivity index (χ0n) is 16.0. The van der Waals surface area contributed by atoms with Gasteiger partial charge in [0.25, 0.3) is 0 Å². The normalized spacial score (nSPS) is 11.2. The van der Waals surface area contributed by atoms with Crippen LogP contribution >= 0.6 is 0 Å². The lowest BCUT2D eigenvalue weighted by atomic mass is 10.1. The maximum Gasteiger partial charge on any atom is 0.118 e. The van der Waals surface area contributed by atoms with Gasteiger partial charge in [-0.3, -0.25) is 4.99 Å². The summed E-state index contributed by atoms with van der Waals surface area (Å²) >= 11 is 0. The Bertz CT molecular complexity index is 887. The second kappa shape index (κ2) is 8.05. The summed E-state index contributed by atoms with van der Waals surface area (Å²) in [6.07, 6.45) is 3.04. The highest BCUT2D eigenvalue weighted by molar-refractivity contribution is 5.82. The fraction of sp³-hybridized carbons (Fsp3) is 0.261. The Kier molecular flexibility index (Phi) is 5.57. The van der Waals surface area contributed by atoms with E-state index in [1.807, 2.05) is 18.3 Å². The lowest BCUT2D eigenvalue weighted by molar-refractivity contribution is 0.414. The van der Waals surface area contributed by atoms with Gasteiger partial charge in [-0.05, 0) is 61.7 Å². The molecule has 26 heavy (non-hydrogen) atoms. The predicted molar refractivity (Wildman–Crippen MR) is 109 cm³/mol. The van der Waals surface area contributed by atoms with Gasteiger partial charge in [0.2, 0.25) is 0 Å². The van der Waals surface area contributed by atoms with Gasteiger partial charge in [-0.15, -0.1) is 0 Å². The van der Waals surface area contributed by atoms with Crippen molar-refractivity contribution in [3.8, 4) is 11.4 Å². The van der Waals surface area contributed by atoms with Gasteiger partial charge in [0, 0.05) is 28.9 Å². The van der Waals surface area contributed by atoms with Crippen LogP contribution in [0, 0.1) is 13.8 Å². The molecule has 0 amide bonds. The van der Waals surface area contributed by atoms with Crippen LogP contribution in [0.2, 0.25) is 0 Å². The van der Waals surface area contributed by atoms with Crippen LogP contribution in [0.25, 0.3) is 5.69 Å². The Balaban J connectivity index is 1.78. The largest absolute Gasteiger partial charge is 0.497 e. The molecule has 0 radical (unpaired) electrons. The van der Waals surface area contributed by atoms with Gasteiger partial charge in [-0.25, -0.2) is 0 Å². The first kappa shape index (κ1) is 18.0. The van der Waals surface area contributed by atoms with Crippen LogP contribution in [-0.2, 0) is 13.0 Å². The summed E-state index contributed by atoms with van der Waals surface area (Å²) in [4.78, 5) is 4.62. The summed E-state index contributed by atoms with van der Waals surface area (Å²) in [5.74, 6) is 0.871. The fourth-order valence-electron chi connectivity index (χ4n) is 3.18. The van der Waals surface area contributed by atoms with Gasteiger partial charge in [0.1, 0.15) is 5.75 Å². The maximum atomic E-state index is 5.19. The average molecular weight is 346 g/mol. The molecule has 0 atom stereocenters. The van der Waals surface area contributed by atoms with Crippen molar-refractivity contribution in [2.75, 3.05) is 7.11 Å². The van der Waals surface area contributed by atoms with Gasteiger partial charge in [0.15, 0.2) is 0 Å². The summed E-state index contributed by atoms with van der Waals surface area (Å²) in [5.41, 5.74) is 7.33. The molecule has 3 nitrogen and oxygen atoms in total. The molecule has 0 spiro atoms. The van der Waals surface area contributed by atoms with Crippen LogP contribution in [0.3, 0.4) is 0 Å². The molecule has 1 heterocycles. The molecule has 2 aromatic carbocycles. The van der Waals surface area contributed by atoms with E-state index in [4.69, 9.17) is 4.74 Å². The van der Waals surface area contributed by atoms with Gasteiger partial charge >= 0.3 is 0 Å². The van der Waals surface area contributed by atoms with Crippen LogP contribution in [0.1, 0.15) is 35.0 Å². The number of aryl methyl sites for hydroxylation is 2. The van der Waals surface area contributed by atoms with E-state index in [2.05, 4.69) is 72.8 Å². The van der Waals surface area contributed by atoms with Crippen molar-refractivity contribution in [1.82, 2.24) is 4.57 Å². The highest BCUT2D eigenvalue weighted by Crippen LogP contribution is 2.20. The number of benzene rings is 2. The third kappa shape index (κ3) is 3.88. The van der Waals surface area contributed by atoms with Crippen LogP contribution in [0.5, 0.6) is 5.75 Å². The molecular formula is C23H26N2O. The van der Waals surface area contributed by atoms with Crippen LogP contribution in [-0.4, -0.2) is 17.9 Å². The highest BCUT2D eigenvalue weighted by Gasteiger charge is 2.09. The Morgan fingerprint density at radius 2 is 1.62 bits per heavy atom. The van der Waals surface area contributed by atoms with Crippen molar-refractivity contribution >= 4 is 6.21 Å². The molecule has 0 aliphatic carbocycles. The van der Waals surface area contributed by atoms with Gasteiger partial charge in [-0.1, -0.05) is 31.2 Å². The number of nitrogens with zero attached hydrogens (tertiary/aromatic N) is 2. The van der Waals surface area contributed by atoms with E-state index in [0.29, 0.717) is 6.54 Å². The van der Waals surface area contributed by atoms with E-state index in [1.54, 1.807) is 7.11 Å². The Morgan fingerprint density at radius 1 is 0.962 bits per heavy atom. The Labute approximate surface area is 156 Å². The number of aromatic nitrogens is 1. The maximum absolute atomic E-state index is 5.19. The van der Waals surface area contributed by atoms with Gasteiger partial charge in [-0.2, -0.15) is 0 Å². The summed E-state index contributed by atoms with van der Waals surface area (Å²) in [5, 5.41) is 0. The molecule has 0 fully saturated rings. The fourth-order valence-corrected chi connectivity index (χ4v) is 3.18. The minimum absolute atomic E-state index is 0.666. The lowest BCUT2D eigenvalue weighted by Crippen LogP contribution is -1.99. The minimum Gasteiger partial charge on any atom is -0.497 e. The molecule has 3 rings (SSSR count). The predicted octanol–water partition coefficient (Wildman–Crippen LogP) is 5.28. The lowest BCUT2D eigenvalue weighted by Gasteiger charge is -2.10. The number of aliphatic imine (C=N–C) groups is 1. The summed E-state index contributed by atoms with van der Waals surface area (Å²) in [6, 6.07) is 19.0. The van der Waals surface area contributed by atoms with Crippen molar-refractivity contribution in [2.45, 2.75) is 33.7 Å². The first-order chi connectivity index (χ1) is 12.6. The second-order valence-corrected chi connectivity index (χ2v) is 6.50. The van der Waals surface area contributed by atoms with Crippen molar-refractivity contribution in [3.63, 3.8) is 0 Å². The summed E-state index contributed by atoms with van der Waals surface area (Å²) in [6.45, 7) is 7.13. The molecule has 1 aromatic heterocycles. The zero-order valence-corrected chi connectivity index (χ0v) is 16.0. The molecule has 134 valence electrons. The van der Waals surface area contributed by atoms with E-state index >= 15 is 0 Å². The Hall–Kier alpha value is -2.81. The molecular weight excluding hydrogens is 320 g/mol. The van der Waals surface area contributed by atoms with Gasteiger partial charge < -0.3 is 9.30 Å². The zero-order chi connectivity index (χ0) is 18.5. The number of hydrogen-bond acceptors (Lipinski definition) is 2. The number of rotatable bonds is 6. The first-order valence-corrected chi connectivity index (χ1v) is 9.03. The van der Waals surface area contributed by atoms with E-state index in [9.17, 15) is 0 Å². The van der Waals surface area contributed by atoms with Crippen molar-refractivity contribution in [3.05, 3.63) is 82.7 Å². The van der Waals surface area contributed by atoms with E-state index < -0.39 is 0 Å². The van der Waals surface area contributed by atoms with E-state index in [1.165, 1.54) is 28.2 Å². The van der Waals surface area contributed by atoms with Gasteiger partial charge in [0.05, 0.1) is 13.7 Å². The van der Waals surface area contributed by atoms with E-state index in [-0.39, 0.29) is 0 Å². The molecule has 3 heteroatoms. The quantitative estimate of drug-likeness (QED) is 0.557. The molecule has 0 bridgehead atoms. The third-order valence-corrected chi connectivity index (χ3v) is 4.74. The standard InChI is InChI=1S/C23H26N2O/c1-5-19-6-10-22(11-7-19)25-17(2)14-21(18(25)3)16-24-15-20-8-12-23(26-4)13-9-20/h6-14,16H,5,15H2,1-4H3. The average Bonchev–Trinajstić information content (AvgIpc) is 2.96. The molecule has 0 N–H and O–H groups in total. The van der Waals surface area contributed by atoms with Crippen molar-refractivity contribution in [1.29, 1.82) is 0 Å². The Morgan fingerprint density at radius 3 is 2.23 bits per heavy atom.